The topological polar surface area (TPSA) is 20.2 Å². The predicted octanol–water partition coefficient (Wildman–Crippen LogP) is 4.10. The summed E-state index contributed by atoms with van der Waals surface area (Å²) < 4.78 is 0. The first-order chi connectivity index (χ1) is 7.59. The number of aliphatic hydroxyl groups is 1. The Morgan fingerprint density at radius 1 is 1.31 bits per heavy atom. The first kappa shape index (κ1) is 11.6. The summed E-state index contributed by atoms with van der Waals surface area (Å²) in [4.78, 5) is 0.824. The third-order valence-electron chi connectivity index (χ3n) is 2.53. The molecular weight excluding hydrogens is 240 g/mol. The molecule has 0 aliphatic carbocycles. The quantitative estimate of drug-likeness (QED) is 0.853. The van der Waals surface area contributed by atoms with Crippen LogP contribution in [0.1, 0.15) is 27.7 Å². The Balaban J connectivity index is 2.39. The van der Waals surface area contributed by atoms with E-state index in [2.05, 4.69) is 0 Å². The van der Waals surface area contributed by atoms with Crippen LogP contribution in [0.15, 0.2) is 29.6 Å². The van der Waals surface area contributed by atoms with Crippen LogP contribution in [0.4, 0.5) is 0 Å². The molecule has 2 aromatic rings. The van der Waals surface area contributed by atoms with Gasteiger partial charge in [0.15, 0.2) is 0 Å². The molecule has 3 heteroatoms. The van der Waals surface area contributed by atoms with Gasteiger partial charge in [-0.2, -0.15) is 0 Å². The number of aliphatic hydroxyl groups excluding tert-OH is 1. The molecule has 1 N–H and O–H groups in total. The summed E-state index contributed by atoms with van der Waals surface area (Å²) in [5.74, 6) is 0. The van der Waals surface area contributed by atoms with Crippen molar-refractivity contribution < 1.29 is 5.11 Å². The molecule has 1 aromatic carbocycles. The van der Waals surface area contributed by atoms with Crippen molar-refractivity contribution in [3.63, 3.8) is 0 Å². The highest BCUT2D eigenvalue weighted by molar-refractivity contribution is 7.10. The zero-order chi connectivity index (χ0) is 11.7. The van der Waals surface area contributed by atoms with Crippen LogP contribution in [0.25, 0.3) is 0 Å². The SMILES string of the molecule is Cc1cccc(C(O)c2scc(C)c2Cl)c1. The number of hydrogen-bond acceptors (Lipinski definition) is 2. The van der Waals surface area contributed by atoms with E-state index in [-0.39, 0.29) is 0 Å². The maximum absolute atomic E-state index is 10.2. The first-order valence-corrected chi connectivity index (χ1v) is 6.33. The van der Waals surface area contributed by atoms with Crippen molar-refractivity contribution in [2.75, 3.05) is 0 Å². The van der Waals surface area contributed by atoms with E-state index in [1.807, 2.05) is 43.5 Å². The fraction of sp³-hybridized carbons (Fsp3) is 0.231. The van der Waals surface area contributed by atoms with E-state index < -0.39 is 6.10 Å². The van der Waals surface area contributed by atoms with Crippen LogP contribution in [0.5, 0.6) is 0 Å². The van der Waals surface area contributed by atoms with Crippen molar-refractivity contribution in [1.29, 1.82) is 0 Å². The van der Waals surface area contributed by atoms with Gasteiger partial charge in [-0.25, -0.2) is 0 Å². The third kappa shape index (κ3) is 2.14. The lowest BCUT2D eigenvalue weighted by atomic mass is 10.1. The van der Waals surface area contributed by atoms with Crippen molar-refractivity contribution in [3.05, 3.63) is 56.2 Å². The van der Waals surface area contributed by atoms with E-state index in [1.54, 1.807) is 0 Å². The van der Waals surface area contributed by atoms with Gasteiger partial charge in [0.25, 0.3) is 0 Å². The van der Waals surface area contributed by atoms with Gasteiger partial charge in [0.2, 0.25) is 0 Å². The van der Waals surface area contributed by atoms with E-state index in [4.69, 9.17) is 11.6 Å². The molecule has 0 radical (unpaired) electrons. The van der Waals surface area contributed by atoms with E-state index in [0.717, 1.165) is 21.6 Å². The lowest BCUT2D eigenvalue weighted by Crippen LogP contribution is -1.98. The molecule has 84 valence electrons. The lowest BCUT2D eigenvalue weighted by molar-refractivity contribution is 0.224. The third-order valence-corrected chi connectivity index (χ3v) is 4.30. The molecule has 1 unspecified atom stereocenters. The Labute approximate surface area is 104 Å². The van der Waals surface area contributed by atoms with Crippen LogP contribution >= 0.6 is 22.9 Å². The van der Waals surface area contributed by atoms with Gasteiger partial charge in [-0.05, 0) is 30.4 Å². The van der Waals surface area contributed by atoms with E-state index in [9.17, 15) is 5.11 Å². The molecule has 1 nitrogen and oxygen atoms in total. The minimum absolute atomic E-state index is 0.619. The van der Waals surface area contributed by atoms with Crippen LogP contribution in [0, 0.1) is 13.8 Å². The fourth-order valence-corrected chi connectivity index (χ4v) is 2.93. The minimum Gasteiger partial charge on any atom is -0.383 e. The molecule has 2 rings (SSSR count). The van der Waals surface area contributed by atoms with Crippen LogP contribution in [-0.2, 0) is 0 Å². The Morgan fingerprint density at radius 2 is 2.06 bits per heavy atom. The Morgan fingerprint density at radius 3 is 2.62 bits per heavy atom. The van der Waals surface area contributed by atoms with E-state index in [1.165, 1.54) is 11.3 Å². The number of halogens is 1. The van der Waals surface area contributed by atoms with Crippen molar-refractivity contribution >= 4 is 22.9 Å². The predicted molar refractivity (Wildman–Crippen MR) is 69.3 cm³/mol. The number of thiophene rings is 1. The van der Waals surface area contributed by atoms with Crippen molar-refractivity contribution in [2.24, 2.45) is 0 Å². The number of aryl methyl sites for hydroxylation is 2. The Hall–Kier alpha value is -0.830. The molecule has 0 aliphatic rings. The van der Waals surface area contributed by atoms with E-state index >= 15 is 0 Å². The molecule has 0 amide bonds. The van der Waals surface area contributed by atoms with Crippen molar-refractivity contribution in [1.82, 2.24) is 0 Å². The largest absolute Gasteiger partial charge is 0.383 e. The van der Waals surface area contributed by atoms with Crippen LogP contribution in [0.2, 0.25) is 5.02 Å². The maximum atomic E-state index is 10.2. The van der Waals surface area contributed by atoms with Gasteiger partial charge in [0.1, 0.15) is 6.10 Å². The van der Waals surface area contributed by atoms with Crippen molar-refractivity contribution in [2.45, 2.75) is 20.0 Å². The molecule has 16 heavy (non-hydrogen) atoms. The minimum atomic E-state index is -0.619. The highest BCUT2D eigenvalue weighted by Crippen LogP contribution is 2.35. The summed E-state index contributed by atoms with van der Waals surface area (Å²) in [7, 11) is 0. The molecule has 0 saturated carbocycles. The summed E-state index contributed by atoms with van der Waals surface area (Å²) in [6.45, 7) is 3.96. The van der Waals surface area contributed by atoms with Gasteiger partial charge in [-0.1, -0.05) is 41.4 Å². The van der Waals surface area contributed by atoms with Crippen LogP contribution < -0.4 is 0 Å². The summed E-state index contributed by atoms with van der Waals surface area (Å²) in [5, 5.41) is 12.9. The van der Waals surface area contributed by atoms with Crippen molar-refractivity contribution in [3.8, 4) is 0 Å². The molecule has 0 saturated heterocycles. The van der Waals surface area contributed by atoms with Crippen LogP contribution in [-0.4, -0.2) is 5.11 Å². The van der Waals surface area contributed by atoms with Gasteiger partial charge in [-0.3, -0.25) is 0 Å². The van der Waals surface area contributed by atoms with Gasteiger partial charge in [0, 0.05) is 0 Å². The second-order valence-corrected chi connectivity index (χ2v) is 5.20. The zero-order valence-corrected chi connectivity index (χ0v) is 10.8. The van der Waals surface area contributed by atoms with Gasteiger partial charge >= 0.3 is 0 Å². The lowest BCUT2D eigenvalue weighted by Gasteiger charge is -2.10. The average molecular weight is 253 g/mol. The highest BCUT2D eigenvalue weighted by Gasteiger charge is 2.17. The summed E-state index contributed by atoms with van der Waals surface area (Å²) >= 11 is 7.65. The first-order valence-electron chi connectivity index (χ1n) is 5.07. The monoisotopic (exact) mass is 252 g/mol. The van der Waals surface area contributed by atoms with Gasteiger partial charge < -0.3 is 5.11 Å². The molecular formula is C13H13ClOS. The fourth-order valence-electron chi connectivity index (χ4n) is 1.63. The molecule has 1 aromatic heterocycles. The molecule has 1 atom stereocenters. The molecule has 0 fully saturated rings. The molecule has 0 aliphatic heterocycles. The normalized spacial score (nSPS) is 12.8. The smallest absolute Gasteiger partial charge is 0.115 e. The molecule has 0 spiro atoms. The maximum Gasteiger partial charge on any atom is 0.115 e. The molecule has 0 bridgehead atoms. The zero-order valence-electron chi connectivity index (χ0n) is 9.20. The van der Waals surface area contributed by atoms with E-state index in [0.29, 0.717) is 5.02 Å². The highest BCUT2D eigenvalue weighted by atomic mass is 35.5. The number of benzene rings is 1. The number of hydrogen-bond donors (Lipinski definition) is 1. The van der Waals surface area contributed by atoms with Gasteiger partial charge in [0.05, 0.1) is 9.90 Å². The second-order valence-electron chi connectivity index (χ2n) is 3.91. The summed E-state index contributed by atoms with van der Waals surface area (Å²) in [5.41, 5.74) is 3.05. The summed E-state index contributed by atoms with van der Waals surface area (Å²) in [6, 6.07) is 7.86. The summed E-state index contributed by atoms with van der Waals surface area (Å²) in [6.07, 6.45) is -0.619. The average Bonchev–Trinajstić information content (AvgIpc) is 2.59. The van der Waals surface area contributed by atoms with Crippen LogP contribution in [0.3, 0.4) is 0 Å². The Bertz CT molecular complexity index is 504. The van der Waals surface area contributed by atoms with Gasteiger partial charge in [-0.15, -0.1) is 11.3 Å². The number of rotatable bonds is 2. The second kappa shape index (κ2) is 4.58. The standard InChI is InChI=1S/C13H13ClOS/c1-8-4-3-5-10(6-8)12(15)13-11(14)9(2)7-16-13/h3-7,12,15H,1-2H3. The Kier molecular flexibility index (Phi) is 3.33. The molecule has 1 heterocycles.